The Bertz CT molecular complexity index is 127. The summed E-state index contributed by atoms with van der Waals surface area (Å²) < 4.78 is 1.14. The summed E-state index contributed by atoms with van der Waals surface area (Å²) in [5.74, 6) is 0.329. The van der Waals surface area contributed by atoms with Crippen LogP contribution in [0.15, 0.2) is 0 Å². The Morgan fingerprint density at radius 3 is 2.00 bits per heavy atom. The second kappa shape index (κ2) is 3.81. The monoisotopic (exact) mass is 209 g/mol. The van der Waals surface area contributed by atoms with Crippen molar-refractivity contribution in [2.45, 2.75) is 26.8 Å². The summed E-state index contributed by atoms with van der Waals surface area (Å²) in [6, 6.07) is 0.0116. The van der Waals surface area contributed by atoms with Crippen molar-refractivity contribution in [3.63, 3.8) is 0 Å². The van der Waals surface area contributed by atoms with Crippen molar-refractivity contribution in [1.82, 2.24) is 3.93 Å². The molecule has 0 heterocycles. The van der Waals surface area contributed by atoms with Crippen LogP contribution < -0.4 is 0 Å². The molecule has 10 heavy (non-hydrogen) atoms. The van der Waals surface area contributed by atoms with Gasteiger partial charge in [-0.05, 0) is 12.8 Å². The van der Waals surface area contributed by atoms with Crippen LogP contribution in [0.5, 0.6) is 0 Å². The van der Waals surface area contributed by atoms with Gasteiger partial charge in [-0.25, -0.2) is 8.72 Å². The third kappa shape index (κ3) is 2.56. The smallest absolute Gasteiger partial charge is 0.417 e. The molecule has 0 saturated heterocycles. The van der Waals surface area contributed by atoms with Gasteiger partial charge in [0.2, 0.25) is 0 Å². The molecule has 1 N–H and O–H groups in total. The number of halogens is 1. The van der Waals surface area contributed by atoms with E-state index in [4.69, 9.17) is 5.11 Å². The van der Waals surface area contributed by atoms with E-state index in [-0.39, 0.29) is 6.04 Å². The Kier molecular flexibility index (Phi) is 3.71. The molecule has 0 bridgehead atoms. The van der Waals surface area contributed by atoms with Gasteiger partial charge in [-0.3, -0.25) is 0 Å². The fourth-order valence-electron chi connectivity index (χ4n) is 0.436. The van der Waals surface area contributed by atoms with Crippen molar-refractivity contribution in [3.05, 3.63) is 0 Å². The van der Waals surface area contributed by atoms with Crippen LogP contribution in [0.3, 0.4) is 0 Å². The van der Waals surface area contributed by atoms with Crippen molar-refractivity contribution in [2.24, 2.45) is 5.92 Å². The van der Waals surface area contributed by atoms with Crippen LogP contribution >= 0.6 is 16.1 Å². The zero-order valence-electron chi connectivity index (χ0n) is 6.34. The molecule has 0 aliphatic rings. The lowest BCUT2D eigenvalue weighted by molar-refractivity contribution is 0.162. The molecule has 1 unspecified atom stereocenters. The first kappa shape index (κ1) is 9.75. The minimum Gasteiger partial charge on any atom is -0.464 e. The first-order valence-corrected chi connectivity index (χ1v) is 3.85. The van der Waals surface area contributed by atoms with Crippen molar-refractivity contribution in [2.75, 3.05) is 0 Å². The topological polar surface area (TPSA) is 40.5 Å². The molecule has 4 heteroatoms. The van der Waals surface area contributed by atoms with Crippen LogP contribution in [-0.2, 0) is 0 Å². The highest BCUT2D eigenvalue weighted by Crippen LogP contribution is 2.13. The van der Waals surface area contributed by atoms with Gasteiger partial charge in [-0.2, -0.15) is 0 Å². The van der Waals surface area contributed by atoms with E-state index >= 15 is 0 Å². The van der Waals surface area contributed by atoms with E-state index in [0.717, 1.165) is 3.93 Å². The molecule has 0 fully saturated rings. The molecule has 0 rings (SSSR count). The highest BCUT2D eigenvalue weighted by Gasteiger charge is 2.18. The first-order chi connectivity index (χ1) is 4.46. The van der Waals surface area contributed by atoms with Gasteiger partial charge < -0.3 is 5.11 Å². The predicted molar refractivity (Wildman–Crippen MR) is 43.1 cm³/mol. The second-order valence-electron chi connectivity index (χ2n) is 2.58. The Morgan fingerprint density at radius 2 is 1.90 bits per heavy atom. The van der Waals surface area contributed by atoms with E-state index in [1.54, 1.807) is 0 Å². The highest BCUT2D eigenvalue weighted by molar-refractivity contribution is 9.07. The number of carboxylic acid groups (broad SMARTS) is 1. The van der Waals surface area contributed by atoms with Gasteiger partial charge in [-0.1, -0.05) is 13.8 Å². The van der Waals surface area contributed by atoms with E-state index in [2.05, 4.69) is 16.1 Å². The number of hydrogen-bond donors (Lipinski definition) is 1. The summed E-state index contributed by atoms with van der Waals surface area (Å²) in [5.41, 5.74) is 0. The van der Waals surface area contributed by atoms with Crippen molar-refractivity contribution < 1.29 is 9.90 Å². The summed E-state index contributed by atoms with van der Waals surface area (Å²) in [7, 11) is 0. The molecule has 0 aliphatic heterocycles. The number of nitrogens with zero attached hydrogens (tertiary/aromatic N) is 1. The highest BCUT2D eigenvalue weighted by atomic mass is 79.9. The van der Waals surface area contributed by atoms with Crippen molar-refractivity contribution in [3.8, 4) is 0 Å². The van der Waals surface area contributed by atoms with Crippen LogP contribution in [0, 0.1) is 5.92 Å². The Balaban J connectivity index is 3.94. The van der Waals surface area contributed by atoms with Crippen LogP contribution in [0.2, 0.25) is 0 Å². The van der Waals surface area contributed by atoms with Crippen LogP contribution in [0.1, 0.15) is 20.8 Å². The summed E-state index contributed by atoms with van der Waals surface area (Å²) in [6.45, 7) is 5.80. The van der Waals surface area contributed by atoms with Gasteiger partial charge in [-0.15, -0.1) is 0 Å². The fourth-order valence-corrected chi connectivity index (χ4v) is 0.909. The molecule has 60 valence electrons. The van der Waals surface area contributed by atoms with Gasteiger partial charge >= 0.3 is 6.09 Å². The van der Waals surface area contributed by atoms with Gasteiger partial charge in [0.15, 0.2) is 0 Å². The molecule has 0 aromatic carbocycles. The fraction of sp³-hybridized carbons (Fsp3) is 0.833. The van der Waals surface area contributed by atoms with E-state index in [9.17, 15) is 4.79 Å². The minimum absolute atomic E-state index is 0.0116. The molecular formula is C6H12BrNO2. The van der Waals surface area contributed by atoms with E-state index in [1.807, 2.05) is 20.8 Å². The third-order valence-electron chi connectivity index (χ3n) is 1.51. The van der Waals surface area contributed by atoms with E-state index in [0.29, 0.717) is 5.92 Å². The van der Waals surface area contributed by atoms with Crippen LogP contribution in [0.25, 0.3) is 0 Å². The number of rotatable bonds is 2. The van der Waals surface area contributed by atoms with Crippen molar-refractivity contribution >= 4 is 22.2 Å². The lowest BCUT2D eigenvalue weighted by atomic mass is 10.1. The molecule has 0 aliphatic carbocycles. The zero-order chi connectivity index (χ0) is 8.31. The normalized spacial score (nSPS) is 13.3. The van der Waals surface area contributed by atoms with E-state index in [1.165, 1.54) is 0 Å². The lowest BCUT2D eigenvalue weighted by Gasteiger charge is -2.22. The predicted octanol–water partition coefficient (Wildman–Crippen LogP) is 2.32. The van der Waals surface area contributed by atoms with Gasteiger partial charge in [0.25, 0.3) is 0 Å². The number of carbonyl (C=O) groups is 1. The van der Waals surface area contributed by atoms with Crippen LogP contribution in [-0.4, -0.2) is 21.2 Å². The SMILES string of the molecule is CC(C)C(C)N(Br)C(=O)O. The Morgan fingerprint density at radius 1 is 1.50 bits per heavy atom. The summed E-state index contributed by atoms with van der Waals surface area (Å²) in [4.78, 5) is 10.3. The molecule has 0 saturated carbocycles. The molecule has 3 nitrogen and oxygen atoms in total. The molecule has 0 aromatic heterocycles. The lowest BCUT2D eigenvalue weighted by Crippen LogP contribution is -2.32. The standard InChI is InChI=1S/C6H12BrNO2/c1-4(2)5(3)8(7)6(9)10/h4-5H,1-3H3,(H,9,10). The molecule has 1 atom stereocenters. The Labute approximate surface area is 69.4 Å². The minimum atomic E-state index is -0.943. The maximum atomic E-state index is 10.3. The molecule has 0 spiro atoms. The average molecular weight is 210 g/mol. The van der Waals surface area contributed by atoms with E-state index < -0.39 is 6.09 Å². The Hall–Kier alpha value is -0.250. The first-order valence-electron chi connectivity index (χ1n) is 3.14. The quantitative estimate of drug-likeness (QED) is 0.710. The van der Waals surface area contributed by atoms with Gasteiger partial charge in [0, 0.05) is 6.04 Å². The average Bonchev–Trinajstić information content (AvgIpc) is 1.84. The third-order valence-corrected chi connectivity index (χ3v) is 2.45. The molecule has 1 amide bonds. The van der Waals surface area contributed by atoms with Crippen molar-refractivity contribution in [1.29, 1.82) is 0 Å². The number of hydrogen-bond acceptors (Lipinski definition) is 1. The summed E-state index contributed by atoms with van der Waals surface area (Å²) >= 11 is 2.94. The maximum Gasteiger partial charge on any atom is 0.417 e. The van der Waals surface area contributed by atoms with Gasteiger partial charge in [0.05, 0.1) is 16.1 Å². The van der Waals surface area contributed by atoms with Gasteiger partial charge in [0.1, 0.15) is 0 Å². The van der Waals surface area contributed by atoms with Crippen LogP contribution in [0.4, 0.5) is 4.79 Å². The number of amides is 1. The second-order valence-corrected chi connectivity index (χ2v) is 3.34. The molecule has 0 radical (unpaired) electrons. The summed E-state index contributed by atoms with van der Waals surface area (Å²) in [5, 5.41) is 8.48. The molecular weight excluding hydrogens is 198 g/mol. The summed E-state index contributed by atoms with van der Waals surface area (Å²) in [6.07, 6.45) is -0.943. The molecule has 0 aromatic rings. The zero-order valence-corrected chi connectivity index (χ0v) is 7.92. The largest absolute Gasteiger partial charge is 0.464 e. The maximum absolute atomic E-state index is 10.3.